The topological polar surface area (TPSA) is 34.1 Å². The van der Waals surface area contributed by atoms with Crippen LogP contribution < -0.4 is 10.1 Å². The lowest BCUT2D eigenvalue weighted by Gasteiger charge is -2.11. The number of benzene rings is 1. The third-order valence-electron chi connectivity index (χ3n) is 2.44. The second kappa shape index (κ2) is 6.07. The third-order valence-corrected chi connectivity index (χ3v) is 3.11. The van der Waals surface area contributed by atoms with Crippen molar-refractivity contribution in [2.75, 3.05) is 12.4 Å². The fraction of sp³-hybridized carbons (Fsp3) is 0.154. The largest absolute Gasteiger partial charge is 0.496 e. The van der Waals surface area contributed by atoms with Crippen molar-refractivity contribution in [1.29, 1.82) is 0 Å². The van der Waals surface area contributed by atoms with Crippen molar-refractivity contribution >= 4 is 33.2 Å². The van der Waals surface area contributed by atoms with Gasteiger partial charge < -0.3 is 10.1 Å². The van der Waals surface area contributed by atoms with E-state index in [1.165, 1.54) is 0 Å². The molecular formula is C13H12BrClN2O. The zero-order valence-corrected chi connectivity index (χ0v) is 12.1. The maximum atomic E-state index is 5.92. The van der Waals surface area contributed by atoms with Gasteiger partial charge in [-0.1, -0.05) is 17.7 Å². The number of pyridine rings is 1. The van der Waals surface area contributed by atoms with Crippen molar-refractivity contribution in [3.63, 3.8) is 0 Å². The summed E-state index contributed by atoms with van der Waals surface area (Å²) in [6.07, 6.45) is 3.52. The Balaban J connectivity index is 2.10. The molecule has 94 valence electrons. The van der Waals surface area contributed by atoms with Crippen molar-refractivity contribution in [3.05, 3.63) is 51.7 Å². The number of nitrogens with zero attached hydrogens (tertiary/aromatic N) is 1. The van der Waals surface area contributed by atoms with Crippen LogP contribution in [0.4, 0.5) is 5.69 Å². The summed E-state index contributed by atoms with van der Waals surface area (Å²) < 4.78 is 6.23. The molecule has 0 bridgehead atoms. The van der Waals surface area contributed by atoms with Gasteiger partial charge >= 0.3 is 0 Å². The number of hydrogen-bond acceptors (Lipinski definition) is 3. The van der Waals surface area contributed by atoms with E-state index in [0.29, 0.717) is 11.6 Å². The zero-order chi connectivity index (χ0) is 13.0. The lowest BCUT2D eigenvalue weighted by Crippen LogP contribution is -2.02. The van der Waals surface area contributed by atoms with Crippen LogP contribution in [-0.2, 0) is 6.54 Å². The van der Waals surface area contributed by atoms with Gasteiger partial charge in [0.15, 0.2) is 0 Å². The number of ether oxygens (including phenoxy) is 1. The van der Waals surface area contributed by atoms with E-state index in [9.17, 15) is 0 Å². The van der Waals surface area contributed by atoms with Gasteiger partial charge in [-0.15, -0.1) is 0 Å². The molecule has 2 rings (SSSR count). The first kappa shape index (κ1) is 13.2. The fourth-order valence-corrected chi connectivity index (χ4v) is 2.10. The van der Waals surface area contributed by atoms with Gasteiger partial charge in [-0.25, -0.2) is 0 Å². The first-order valence-corrected chi connectivity index (χ1v) is 6.53. The van der Waals surface area contributed by atoms with Crippen LogP contribution in [0, 0.1) is 0 Å². The molecule has 0 saturated heterocycles. The summed E-state index contributed by atoms with van der Waals surface area (Å²) in [6.45, 7) is 0.651. The van der Waals surface area contributed by atoms with Crippen LogP contribution in [0.5, 0.6) is 5.75 Å². The Hall–Kier alpha value is -1.26. The van der Waals surface area contributed by atoms with E-state index >= 15 is 0 Å². The third kappa shape index (κ3) is 3.37. The Labute approximate surface area is 119 Å². The number of nitrogens with one attached hydrogen (secondary N) is 1. The molecule has 0 aliphatic heterocycles. The number of methoxy groups -OCH3 is 1. The number of hydrogen-bond donors (Lipinski definition) is 1. The highest BCUT2D eigenvalue weighted by Gasteiger charge is 2.04. The van der Waals surface area contributed by atoms with Gasteiger partial charge in [-0.2, -0.15) is 0 Å². The van der Waals surface area contributed by atoms with Crippen LogP contribution in [0.15, 0.2) is 41.1 Å². The SMILES string of the molecule is COc1cc(Cl)ccc1CNc1cncc(Br)c1. The Morgan fingerprint density at radius 1 is 1.33 bits per heavy atom. The molecular weight excluding hydrogens is 316 g/mol. The second-order valence-electron chi connectivity index (χ2n) is 3.70. The predicted molar refractivity (Wildman–Crippen MR) is 77.3 cm³/mol. The number of anilines is 1. The fourth-order valence-electron chi connectivity index (χ4n) is 1.57. The minimum atomic E-state index is 0.651. The van der Waals surface area contributed by atoms with E-state index in [1.54, 1.807) is 25.6 Å². The molecule has 1 N–H and O–H groups in total. The van der Waals surface area contributed by atoms with Gasteiger partial charge in [0.2, 0.25) is 0 Å². The molecule has 1 heterocycles. The van der Waals surface area contributed by atoms with Crippen molar-refractivity contribution in [1.82, 2.24) is 4.98 Å². The van der Waals surface area contributed by atoms with E-state index < -0.39 is 0 Å². The number of aromatic nitrogens is 1. The zero-order valence-electron chi connectivity index (χ0n) is 9.78. The van der Waals surface area contributed by atoms with Crippen LogP contribution in [-0.4, -0.2) is 12.1 Å². The van der Waals surface area contributed by atoms with Crippen LogP contribution in [0.25, 0.3) is 0 Å². The molecule has 0 aliphatic rings. The van der Waals surface area contributed by atoms with Crippen molar-refractivity contribution < 1.29 is 4.74 Å². The molecule has 0 amide bonds. The van der Waals surface area contributed by atoms with Crippen LogP contribution >= 0.6 is 27.5 Å². The van der Waals surface area contributed by atoms with Crippen molar-refractivity contribution in [3.8, 4) is 5.75 Å². The lowest BCUT2D eigenvalue weighted by atomic mass is 10.2. The van der Waals surface area contributed by atoms with Crippen molar-refractivity contribution in [2.24, 2.45) is 0 Å². The minimum Gasteiger partial charge on any atom is -0.496 e. The monoisotopic (exact) mass is 326 g/mol. The van der Waals surface area contributed by atoms with Gasteiger partial charge in [0.25, 0.3) is 0 Å². The van der Waals surface area contributed by atoms with Gasteiger partial charge in [0.1, 0.15) is 5.75 Å². The van der Waals surface area contributed by atoms with Gasteiger partial charge in [-0.05, 0) is 34.1 Å². The average Bonchev–Trinajstić information content (AvgIpc) is 2.37. The molecule has 1 aromatic heterocycles. The van der Waals surface area contributed by atoms with Gasteiger partial charge in [-0.3, -0.25) is 4.98 Å². The Morgan fingerprint density at radius 3 is 2.89 bits per heavy atom. The molecule has 0 radical (unpaired) electrons. The average molecular weight is 328 g/mol. The maximum Gasteiger partial charge on any atom is 0.125 e. The van der Waals surface area contributed by atoms with E-state index in [2.05, 4.69) is 26.2 Å². The predicted octanol–water partition coefficient (Wildman–Crippen LogP) is 4.12. The van der Waals surface area contributed by atoms with Crippen molar-refractivity contribution in [2.45, 2.75) is 6.54 Å². The molecule has 3 nitrogen and oxygen atoms in total. The second-order valence-corrected chi connectivity index (χ2v) is 5.05. The minimum absolute atomic E-state index is 0.651. The molecule has 0 aliphatic carbocycles. The first-order chi connectivity index (χ1) is 8.69. The highest BCUT2D eigenvalue weighted by molar-refractivity contribution is 9.10. The van der Waals surface area contributed by atoms with E-state index in [4.69, 9.17) is 16.3 Å². The van der Waals surface area contributed by atoms with Crippen LogP contribution in [0.1, 0.15) is 5.56 Å². The Bertz CT molecular complexity index is 548. The van der Waals surface area contributed by atoms with Gasteiger partial charge in [0, 0.05) is 27.8 Å². The highest BCUT2D eigenvalue weighted by atomic mass is 79.9. The smallest absolute Gasteiger partial charge is 0.125 e. The molecule has 18 heavy (non-hydrogen) atoms. The highest BCUT2D eigenvalue weighted by Crippen LogP contribution is 2.24. The summed E-state index contributed by atoms with van der Waals surface area (Å²) in [5.41, 5.74) is 1.99. The summed E-state index contributed by atoms with van der Waals surface area (Å²) in [5.74, 6) is 0.776. The molecule has 0 saturated carbocycles. The van der Waals surface area contributed by atoms with Crippen LogP contribution in [0.3, 0.4) is 0 Å². The summed E-state index contributed by atoms with van der Waals surface area (Å²) in [4.78, 5) is 4.09. The Morgan fingerprint density at radius 2 is 2.17 bits per heavy atom. The first-order valence-electron chi connectivity index (χ1n) is 5.36. The normalized spacial score (nSPS) is 10.2. The summed E-state index contributed by atoms with van der Waals surface area (Å²) in [5, 5.41) is 3.95. The van der Waals surface area contributed by atoms with E-state index in [-0.39, 0.29) is 0 Å². The number of halogens is 2. The maximum absolute atomic E-state index is 5.92. The molecule has 0 atom stereocenters. The standard InChI is InChI=1S/C13H12BrClN2O/c1-18-13-5-11(15)3-2-9(13)6-17-12-4-10(14)7-16-8-12/h2-5,7-8,17H,6H2,1H3. The van der Waals surface area contributed by atoms with Crippen LogP contribution in [0.2, 0.25) is 5.02 Å². The summed E-state index contributed by atoms with van der Waals surface area (Å²) in [7, 11) is 1.63. The quantitative estimate of drug-likeness (QED) is 0.917. The van der Waals surface area contributed by atoms with Gasteiger partial charge in [0.05, 0.1) is 19.0 Å². The molecule has 1 aromatic carbocycles. The molecule has 0 unspecified atom stereocenters. The van der Waals surface area contributed by atoms with E-state index in [1.807, 2.05) is 18.2 Å². The Kier molecular flexibility index (Phi) is 4.44. The van der Waals surface area contributed by atoms with E-state index in [0.717, 1.165) is 21.5 Å². The lowest BCUT2D eigenvalue weighted by molar-refractivity contribution is 0.410. The molecule has 0 fully saturated rings. The summed E-state index contributed by atoms with van der Waals surface area (Å²) in [6, 6.07) is 7.56. The molecule has 2 aromatic rings. The summed E-state index contributed by atoms with van der Waals surface area (Å²) >= 11 is 9.30. The number of rotatable bonds is 4. The molecule has 5 heteroatoms. The molecule has 0 spiro atoms.